The third-order valence-corrected chi connectivity index (χ3v) is 5.15. The van der Waals surface area contributed by atoms with Crippen molar-refractivity contribution in [2.75, 3.05) is 6.54 Å². The Kier molecular flexibility index (Phi) is 6.63. The van der Waals surface area contributed by atoms with E-state index in [4.69, 9.17) is 11.6 Å². The van der Waals surface area contributed by atoms with Gasteiger partial charge in [-0.2, -0.15) is 0 Å². The van der Waals surface area contributed by atoms with Gasteiger partial charge in [-0.25, -0.2) is 0 Å². The first-order chi connectivity index (χ1) is 13.1. The van der Waals surface area contributed by atoms with Crippen LogP contribution in [0.15, 0.2) is 66.0 Å². The molecule has 138 valence electrons. The maximum Gasteiger partial charge on any atom is 0.261 e. The number of nitrogens with one attached hydrogen (secondary N) is 2. The van der Waals surface area contributed by atoms with Gasteiger partial charge in [-0.1, -0.05) is 41.9 Å². The first-order valence-corrected chi connectivity index (χ1v) is 9.81. The molecular weight excluding hydrogens is 380 g/mol. The van der Waals surface area contributed by atoms with Gasteiger partial charge in [0.15, 0.2) is 0 Å². The van der Waals surface area contributed by atoms with E-state index in [-0.39, 0.29) is 11.8 Å². The van der Waals surface area contributed by atoms with Crippen LogP contribution >= 0.6 is 22.9 Å². The summed E-state index contributed by atoms with van der Waals surface area (Å²) in [5.41, 5.74) is 2.66. The van der Waals surface area contributed by atoms with E-state index in [1.54, 1.807) is 18.2 Å². The molecule has 0 radical (unpaired) electrons. The molecule has 0 saturated carbocycles. The third kappa shape index (κ3) is 5.67. The van der Waals surface area contributed by atoms with Gasteiger partial charge in [0.2, 0.25) is 0 Å². The van der Waals surface area contributed by atoms with Crippen LogP contribution < -0.4 is 10.6 Å². The van der Waals surface area contributed by atoms with Gasteiger partial charge in [0.1, 0.15) is 0 Å². The van der Waals surface area contributed by atoms with E-state index in [9.17, 15) is 9.59 Å². The zero-order valence-electron chi connectivity index (χ0n) is 14.6. The Labute approximate surface area is 167 Å². The van der Waals surface area contributed by atoms with E-state index in [0.717, 1.165) is 17.5 Å². The Morgan fingerprint density at radius 2 is 1.56 bits per heavy atom. The maximum atomic E-state index is 12.2. The number of rotatable bonds is 7. The molecule has 0 unspecified atom stereocenters. The second-order valence-electron chi connectivity index (χ2n) is 5.99. The van der Waals surface area contributed by atoms with Gasteiger partial charge >= 0.3 is 0 Å². The predicted molar refractivity (Wildman–Crippen MR) is 109 cm³/mol. The van der Waals surface area contributed by atoms with Crippen molar-refractivity contribution in [1.82, 2.24) is 10.6 Å². The van der Waals surface area contributed by atoms with Crippen LogP contribution in [-0.4, -0.2) is 18.4 Å². The maximum absolute atomic E-state index is 12.2. The minimum atomic E-state index is -0.113. The number of hydrogen-bond acceptors (Lipinski definition) is 3. The van der Waals surface area contributed by atoms with Gasteiger partial charge in [-0.3, -0.25) is 9.59 Å². The molecule has 0 bridgehead atoms. The van der Waals surface area contributed by atoms with Gasteiger partial charge in [-0.15, -0.1) is 11.3 Å². The fourth-order valence-corrected chi connectivity index (χ4v) is 3.29. The minimum Gasteiger partial charge on any atom is -0.352 e. The van der Waals surface area contributed by atoms with Gasteiger partial charge in [0, 0.05) is 23.7 Å². The molecule has 1 heterocycles. The minimum absolute atomic E-state index is 0.0889. The SMILES string of the molecule is O=C(NCCc1ccc(Cl)cc1)c1ccc(CNC(=O)c2cccs2)cc1. The van der Waals surface area contributed by atoms with Crippen LogP contribution in [0.4, 0.5) is 0 Å². The number of thiophene rings is 1. The average Bonchev–Trinajstić information content (AvgIpc) is 3.23. The monoisotopic (exact) mass is 398 g/mol. The highest BCUT2D eigenvalue weighted by atomic mass is 35.5. The van der Waals surface area contributed by atoms with Gasteiger partial charge in [0.25, 0.3) is 11.8 Å². The molecule has 0 aliphatic heterocycles. The Morgan fingerprint density at radius 3 is 2.22 bits per heavy atom. The van der Waals surface area contributed by atoms with E-state index >= 15 is 0 Å². The molecule has 0 aliphatic carbocycles. The molecule has 4 nitrogen and oxygen atoms in total. The predicted octanol–water partition coefficient (Wildman–Crippen LogP) is 4.30. The van der Waals surface area contributed by atoms with Crippen molar-refractivity contribution < 1.29 is 9.59 Å². The lowest BCUT2D eigenvalue weighted by atomic mass is 10.1. The Hall–Kier alpha value is -2.63. The highest BCUT2D eigenvalue weighted by Crippen LogP contribution is 2.11. The molecule has 0 saturated heterocycles. The fourth-order valence-electron chi connectivity index (χ4n) is 2.52. The summed E-state index contributed by atoms with van der Waals surface area (Å²) < 4.78 is 0. The average molecular weight is 399 g/mol. The highest BCUT2D eigenvalue weighted by molar-refractivity contribution is 7.12. The summed E-state index contributed by atoms with van der Waals surface area (Å²) in [5.74, 6) is -0.202. The van der Waals surface area contributed by atoms with Crippen molar-refractivity contribution in [3.63, 3.8) is 0 Å². The summed E-state index contributed by atoms with van der Waals surface area (Å²) in [6, 6.07) is 18.5. The smallest absolute Gasteiger partial charge is 0.261 e. The van der Waals surface area contributed by atoms with E-state index in [1.807, 2.05) is 47.8 Å². The molecule has 0 aliphatic rings. The van der Waals surface area contributed by atoms with Crippen LogP contribution in [-0.2, 0) is 13.0 Å². The zero-order valence-corrected chi connectivity index (χ0v) is 16.1. The van der Waals surface area contributed by atoms with Crippen molar-refractivity contribution in [3.05, 3.63) is 92.6 Å². The number of carbonyl (C=O) groups is 2. The van der Waals surface area contributed by atoms with Crippen molar-refractivity contribution in [2.45, 2.75) is 13.0 Å². The van der Waals surface area contributed by atoms with Gasteiger partial charge < -0.3 is 10.6 Å². The third-order valence-electron chi connectivity index (χ3n) is 4.03. The zero-order chi connectivity index (χ0) is 19.1. The van der Waals surface area contributed by atoms with E-state index in [2.05, 4.69) is 10.6 Å². The molecule has 27 heavy (non-hydrogen) atoms. The van der Waals surface area contributed by atoms with Crippen molar-refractivity contribution in [2.24, 2.45) is 0 Å². The molecular formula is C21H19ClN2O2S. The highest BCUT2D eigenvalue weighted by Gasteiger charge is 2.07. The van der Waals surface area contributed by atoms with Crippen LogP contribution in [0.3, 0.4) is 0 Å². The lowest BCUT2D eigenvalue weighted by Crippen LogP contribution is -2.25. The number of halogens is 1. The topological polar surface area (TPSA) is 58.2 Å². The number of amides is 2. The van der Waals surface area contributed by atoms with Crippen molar-refractivity contribution in [3.8, 4) is 0 Å². The Balaban J connectivity index is 1.45. The molecule has 6 heteroatoms. The summed E-state index contributed by atoms with van der Waals surface area (Å²) in [6.45, 7) is 0.980. The van der Waals surface area contributed by atoms with Crippen molar-refractivity contribution in [1.29, 1.82) is 0 Å². The fraction of sp³-hybridized carbons (Fsp3) is 0.143. The van der Waals surface area contributed by atoms with Crippen LogP contribution in [0.5, 0.6) is 0 Å². The number of carbonyl (C=O) groups excluding carboxylic acids is 2. The molecule has 2 N–H and O–H groups in total. The Bertz CT molecular complexity index is 891. The number of hydrogen-bond donors (Lipinski definition) is 2. The summed E-state index contributed by atoms with van der Waals surface area (Å²) in [5, 5.41) is 8.35. The molecule has 3 rings (SSSR count). The molecule has 2 aromatic carbocycles. The number of benzene rings is 2. The molecule has 0 spiro atoms. The normalized spacial score (nSPS) is 10.4. The van der Waals surface area contributed by atoms with Gasteiger partial charge in [0.05, 0.1) is 4.88 Å². The van der Waals surface area contributed by atoms with Crippen LogP contribution in [0.2, 0.25) is 5.02 Å². The molecule has 2 amide bonds. The summed E-state index contributed by atoms with van der Waals surface area (Å²) in [4.78, 5) is 24.8. The van der Waals surface area contributed by atoms with Crippen LogP contribution in [0, 0.1) is 0 Å². The van der Waals surface area contributed by atoms with E-state index in [0.29, 0.717) is 28.6 Å². The second-order valence-corrected chi connectivity index (χ2v) is 7.37. The lowest BCUT2D eigenvalue weighted by molar-refractivity contribution is 0.0945. The van der Waals surface area contributed by atoms with Crippen LogP contribution in [0.1, 0.15) is 31.2 Å². The lowest BCUT2D eigenvalue weighted by Gasteiger charge is -2.07. The first-order valence-electron chi connectivity index (χ1n) is 8.55. The summed E-state index contributed by atoms with van der Waals surface area (Å²) >= 11 is 7.27. The standard InChI is InChI=1S/C21H19ClN2O2S/c22-18-9-5-15(6-10-18)11-12-23-20(25)17-7-3-16(4-8-17)14-24-21(26)19-2-1-13-27-19/h1-10,13H,11-12,14H2,(H,23,25)(H,24,26). The van der Waals surface area contributed by atoms with E-state index in [1.165, 1.54) is 11.3 Å². The summed E-state index contributed by atoms with van der Waals surface area (Å²) in [7, 11) is 0. The van der Waals surface area contributed by atoms with Gasteiger partial charge in [-0.05, 0) is 53.3 Å². The second kappa shape index (κ2) is 9.35. The largest absolute Gasteiger partial charge is 0.352 e. The first kappa shape index (κ1) is 19.1. The molecule has 0 atom stereocenters. The molecule has 0 fully saturated rings. The van der Waals surface area contributed by atoms with Crippen molar-refractivity contribution >= 4 is 34.8 Å². The quantitative estimate of drug-likeness (QED) is 0.623. The van der Waals surface area contributed by atoms with E-state index < -0.39 is 0 Å². The molecule has 1 aromatic heterocycles. The Morgan fingerprint density at radius 1 is 0.852 bits per heavy atom. The summed E-state index contributed by atoms with van der Waals surface area (Å²) in [6.07, 6.45) is 0.746. The molecule has 3 aromatic rings. The van der Waals surface area contributed by atoms with Crippen LogP contribution in [0.25, 0.3) is 0 Å².